The lowest BCUT2D eigenvalue weighted by Crippen LogP contribution is -2.59. The van der Waals surface area contributed by atoms with E-state index in [-0.39, 0.29) is 0 Å². The summed E-state index contributed by atoms with van der Waals surface area (Å²) in [6.07, 6.45) is 15.0. The maximum absolute atomic E-state index is 9.91. The molecule has 0 aliphatic carbocycles. The average molecular weight is 433 g/mol. The summed E-state index contributed by atoms with van der Waals surface area (Å²) >= 11 is 0. The summed E-state index contributed by atoms with van der Waals surface area (Å²) in [4.78, 5) is 0. The van der Waals surface area contributed by atoms with E-state index in [1.165, 1.54) is 89.9 Å². The van der Waals surface area contributed by atoms with Gasteiger partial charge >= 0.3 is 0 Å². The molecule has 1 saturated heterocycles. The van der Waals surface area contributed by atoms with Crippen LogP contribution in [-0.2, 0) is 9.47 Å². The molecule has 1 heterocycles. The number of aliphatic hydroxyl groups excluding tert-OH is 4. The first-order chi connectivity index (χ1) is 14.6. The molecule has 0 aromatic heterocycles. The van der Waals surface area contributed by atoms with Crippen molar-refractivity contribution in [3.05, 3.63) is 0 Å². The third kappa shape index (κ3) is 12.0. The summed E-state index contributed by atoms with van der Waals surface area (Å²) in [5, 5.41) is 38.6. The largest absolute Gasteiger partial charge is 0.394 e. The number of ether oxygens (including phenoxy) is 2. The van der Waals surface area contributed by atoms with Crippen molar-refractivity contribution in [2.75, 3.05) is 13.2 Å². The molecule has 6 nitrogen and oxygen atoms in total. The van der Waals surface area contributed by atoms with E-state index < -0.39 is 37.3 Å². The highest BCUT2D eigenvalue weighted by atomic mass is 16.7. The number of unbranched alkanes of at least 4 members (excludes halogenated alkanes) is 15. The van der Waals surface area contributed by atoms with E-state index in [1.807, 2.05) is 0 Å². The Morgan fingerprint density at radius 2 is 1.03 bits per heavy atom. The van der Waals surface area contributed by atoms with Gasteiger partial charge < -0.3 is 29.9 Å². The quantitative estimate of drug-likeness (QED) is 0.230. The monoisotopic (exact) mass is 432 g/mol. The third-order valence-electron chi connectivity index (χ3n) is 6.13. The maximum Gasteiger partial charge on any atom is 0.186 e. The van der Waals surface area contributed by atoms with Gasteiger partial charge in [-0.25, -0.2) is 0 Å². The molecule has 0 radical (unpaired) electrons. The van der Waals surface area contributed by atoms with Crippen LogP contribution in [0.3, 0.4) is 0 Å². The standard InChI is InChI=1S/C24H48O6/c1-2-3-4-5-6-7-8-9-10-11-12-13-14-15-16-17-18-29-24-23(28)22(27)21(26)20(19-25)30-24/h20-28H,2-19H2,1H3/t20-,21-,22+,23-,24-/m1/s1. The fourth-order valence-electron chi connectivity index (χ4n) is 4.05. The fraction of sp³-hybridized carbons (Fsp3) is 1.00. The molecule has 1 rings (SSSR count). The van der Waals surface area contributed by atoms with Crippen LogP contribution in [0.4, 0.5) is 0 Å². The van der Waals surface area contributed by atoms with Crippen LogP contribution in [0.2, 0.25) is 0 Å². The summed E-state index contributed by atoms with van der Waals surface area (Å²) in [7, 11) is 0. The van der Waals surface area contributed by atoms with Gasteiger partial charge in [-0.05, 0) is 6.42 Å². The minimum absolute atomic E-state index is 0.427. The first-order valence-electron chi connectivity index (χ1n) is 12.5. The van der Waals surface area contributed by atoms with Gasteiger partial charge in [-0.15, -0.1) is 0 Å². The van der Waals surface area contributed by atoms with E-state index in [1.54, 1.807) is 0 Å². The lowest BCUT2D eigenvalue weighted by molar-refractivity contribution is -0.301. The molecular formula is C24H48O6. The van der Waals surface area contributed by atoms with E-state index in [0.29, 0.717) is 6.61 Å². The summed E-state index contributed by atoms with van der Waals surface area (Å²) in [6.45, 7) is 2.27. The van der Waals surface area contributed by atoms with E-state index in [2.05, 4.69) is 6.92 Å². The van der Waals surface area contributed by atoms with Gasteiger partial charge in [0.1, 0.15) is 24.4 Å². The lowest BCUT2D eigenvalue weighted by atomic mass is 9.99. The van der Waals surface area contributed by atoms with Crippen LogP contribution in [0.25, 0.3) is 0 Å². The van der Waals surface area contributed by atoms with E-state index in [9.17, 15) is 20.4 Å². The SMILES string of the molecule is CCCCCCCCCCCCCCCCCCO[C@@H]1O[C@H](CO)[C@@H](O)[C@H](O)[C@H]1O. The van der Waals surface area contributed by atoms with Crippen molar-refractivity contribution in [1.29, 1.82) is 0 Å². The lowest BCUT2D eigenvalue weighted by Gasteiger charge is -2.39. The second-order valence-corrected chi connectivity index (χ2v) is 8.87. The first-order valence-corrected chi connectivity index (χ1v) is 12.5. The second kappa shape index (κ2) is 18.3. The Bertz CT molecular complexity index is 379. The first kappa shape index (κ1) is 27.8. The van der Waals surface area contributed by atoms with Crippen LogP contribution >= 0.6 is 0 Å². The van der Waals surface area contributed by atoms with Crippen molar-refractivity contribution < 1.29 is 29.9 Å². The molecule has 1 aliphatic rings. The maximum atomic E-state index is 9.91. The number of aliphatic hydroxyl groups is 4. The van der Waals surface area contributed by atoms with Gasteiger partial charge in [-0.3, -0.25) is 0 Å². The Kier molecular flexibility index (Phi) is 17.0. The Morgan fingerprint density at radius 1 is 0.600 bits per heavy atom. The smallest absolute Gasteiger partial charge is 0.186 e. The zero-order valence-corrected chi connectivity index (χ0v) is 19.2. The van der Waals surface area contributed by atoms with Crippen LogP contribution < -0.4 is 0 Å². The van der Waals surface area contributed by atoms with E-state index in [4.69, 9.17) is 9.47 Å². The van der Waals surface area contributed by atoms with Crippen LogP contribution in [0.15, 0.2) is 0 Å². The van der Waals surface area contributed by atoms with Crippen molar-refractivity contribution in [3.63, 3.8) is 0 Å². The van der Waals surface area contributed by atoms with Crippen molar-refractivity contribution in [2.45, 2.75) is 140 Å². The normalized spacial score (nSPS) is 26.9. The van der Waals surface area contributed by atoms with Crippen molar-refractivity contribution in [3.8, 4) is 0 Å². The summed E-state index contributed by atoms with van der Waals surface area (Å²) in [5.41, 5.74) is 0. The molecule has 0 aromatic rings. The van der Waals surface area contributed by atoms with E-state index in [0.717, 1.165) is 12.8 Å². The van der Waals surface area contributed by atoms with Gasteiger partial charge in [0.05, 0.1) is 6.61 Å². The predicted molar refractivity (Wildman–Crippen MR) is 119 cm³/mol. The molecule has 6 heteroatoms. The fourth-order valence-corrected chi connectivity index (χ4v) is 4.05. The van der Waals surface area contributed by atoms with Gasteiger partial charge in [0.2, 0.25) is 0 Å². The third-order valence-corrected chi connectivity index (χ3v) is 6.13. The van der Waals surface area contributed by atoms with Gasteiger partial charge in [0, 0.05) is 6.61 Å². The van der Waals surface area contributed by atoms with Crippen LogP contribution in [0, 0.1) is 0 Å². The number of hydrogen-bond acceptors (Lipinski definition) is 6. The zero-order valence-electron chi connectivity index (χ0n) is 19.2. The Labute approximate surface area is 184 Å². The molecule has 1 fully saturated rings. The molecule has 30 heavy (non-hydrogen) atoms. The molecular weight excluding hydrogens is 384 g/mol. The summed E-state index contributed by atoms with van der Waals surface area (Å²) < 4.78 is 10.8. The van der Waals surface area contributed by atoms with Gasteiger partial charge in [-0.1, -0.05) is 103 Å². The molecule has 180 valence electrons. The molecule has 4 N–H and O–H groups in total. The molecule has 0 amide bonds. The van der Waals surface area contributed by atoms with Crippen LogP contribution in [0.1, 0.15) is 110 Å². The second-order valence-electron chi connectivity index (χ2n) is 8.87. The van der Waals surface area contributed by atoms with Crippen molar-refractivity contribution in [1.82, 2.24) is 0 Å². The molecule has 0 aromatic carbocycles. The molecule has 0 unspecified atom stereocenters. The number of rotatable bonds is 19. The zero-order chi connectivity index (χ0) is 22.0. The Hall–Kier alpha value is -0.240. The molecule has 0 saturated carbocycles. The minimum atomic E-state index is -1.37. The highest BCUT2D eigenvalue weighted by Gasteiger charge is 2.43. The van der Waals surface area contributed by atoms with Gasteiger partial charge in [0.25, 0.3) is 0 Å². The average Bonchev–Trinajstić information content (AvgIpc) is 2.75. The van der Waals surface area contributed by atoms with Crippen molar-refractivity contribution in [2.24, 2.45) is 0 Å². The Morgan fingerprint density at radius 3 is 1.47 bits per heavy atom. The highest BCUT2D eigenvalue weighted by molar-refractivity contribution is 4.88. The molecule has 0 bridgehead atoms. The molecule has 0 spiro atoms. The Balaban J connectivity index is 1.85. The molecule has 1 aliphatic heterocycles. The topological polar surface area (TPSA) is 99.4 Å². The molecule has 5 atom stereocenters. The van der Waals surface area contributed by atoms with Crippen LogP contribution in [0.5, 0.6) is 0 Å². The predicted octanol–water partition coefficient (Wildman–Crippen LogP) is 4.06. The summed E-state index contributed by atoms with van der Waals surface area (Å²) in [5.74, 6) is 0. The van der Waals surface area contributed by atoms with Gasteiger partial charge in [-0.2, -0.15) is 0 Å². The van der Waals surface area contributed by atoms with Crippen LogP contribution in [-0.4, -0.2) is 64.3 Å². The minimum Gasteiger partial charge on any atom is -0.394 e. The van der Waals surface area contributed by atoms with Crippen molar-refractivity contribution >= 4 is 0 Å². The number of hydrogen-bond donors (Lipinski definition) is 4. The highest BCUT2D eigenvalue weighted by Crippen LogP contribution is 2.22. The summed E-state index contributed by atoms with van der Waals surface area (Å²) in [6, 6.07) is 0. The van der Waals surface area contributed by atoms with Gasteiger partial charge in [0.15, 0.2) is 6.29 Å². The van der Waals surface area contributed by atoms with E-state index >= 15 is 0 Å².